The van der Waals surface area contributed by atoms with Crippen LogP contribution in [0.3, 0.4) is 0 Å². The first-order valence-electron chi connectivity index (χ1n) is 7.38. The minimum absolute atomic E-state index is 0.0564. The molecule has 3 aromatic rings. The van der Waals surface area contributed by atoms with Gasteiger partial charge in [0.15, 0.2) is 11.6 Å². The highest BCUT2D eigenvalue weighted by Gasteiger charge is 2.35. The summed E-state index contributed by atoms with van der Waals surface area (Å²) in [6.07, 6.45) is 2.82. The van der Waals surface area contributed by atoms with Gasteiger partial charge in [-0.15, -0.1) is 0 Å². The van der Waals surface area contributed by atoms with Crippen molar-refractivity contribution in [1.82, 2.24) is 4.73 Å². The molecule has 0 saturated heterocycles. The van der Waals surface area contributed by atoms with Gasteiger partial charge in [-0.2, -0.15) is 13.1 Å². The summed E-state index contributed by atoms with van der Waals surface area (Å²) in [5, 5.41) is 0. The van der Waals surface area contributed by atoms with Gasteiger partial charge in [0.25, 0.3) is 0 Å². The quantitative estimate of drug-likeness (QED) is 0.563. The van der Waals surface area contributed by atoms with E-state index in [1.54, 1.807) is 30.3 Å². The second-order valence-corrected chi connectivity index (χ2v) is 6.95. The lowest BCUT2D eigenvalue weighted by Gasteiger charge is -2.19. The SMILES string of the molecule is O=C1c2ccccc2C(=O)c2c1cccc2S(=O)(=O)On1cccc1. The molecule has 2 aromatic carbocycles. The molecule has 1 heterocycles. The predicted octanol–water partition coefficient (Wildman–Crippen LogP) is 2.08. The summed E-state index contributed by atoms with van der Waals surface area (Å²) in [6.45, 7) is 0. The van der Waals surface area contributed by atoms with Crippen molar-refractivity contribution >= 4 is 21.7 Å². The third kappa shape index (κ3) is 2.36. The minimum atomic E-state index is -4.29. The maximum absolute atomic E-state index is 12.8. The van der Waals surface area contributed by atoms with Gasteiger partial charge >= 0.3 is 10.1 Å². The Kier molecular flexibility index (Phi) is 3.33. The minimum Gasteiger partial charge on any atom is -0.289 e. The lowest BCUT2D eigenvalue weighted by atomic mass is 9.84. The highest BCUT2D eigenvalue weighted by Crippen LogP contribution is 2.31. The van der Waals surface area contributed by atoms with Crippen molar-refractivity contribution < 1.29 is 22.3 Å². The van der Waals surface area contributed by atoms with Crippen LogP contribution in [0.15, 0.2) is 71.9 Å². The second kappa shape index (κ2) is 5.42. The summed E-state index contributed by atoms with van der Waals surface area (Å²) in [5.74, 6) is -0.899. The van der Waals surface area contributed by atoms with E-state index in [4.69, 9.17) is 4.28 Å². The Morgan fingerprint density at radius 2 is 1.32 bits per heavy atom. The number of rotatable bonds is 3. The van der Waals surface area contributed by atoms with Crippen molar-refractivity contribution in [2.24, 2.45) is 0 Å². The molecule has 0 unspecified atom stereocenters. The second-order valence-electron chi connectivity index (χ2n) is 5.45. The summed E-state index contributed by atoms with van der Waals surface area (Å²) in [6, 6.07) is 13.7. The van der Waals surface area contributed by atoms with E-state index in [2.05, 4.69) is 0 Å². The van der Waals surface area contributed by atoms with E-state index in [-0.39, 0.29) is 32.9 Å². The van der Waals surface area contributed by atoms with E-state index in [1.807, 2.05) is 0 Å². The predicted molar refractivity (Wildman–Crippen MR) is 87.9 cm³/mol. The molecule has 6 nitrogen and oxygen atoms in total. The van der Waals surface area contributed by atoms with E-state index in [0.717, 1.165) is 4.73 Å². The van der Waals surface area contributed by atoms with E-state index >= 15 is 0 Å². The third-order valence-corrected chi connectivity index (χ3v) is 5.19. The molecule has 0 aliphatic heterocycles. The average molecular weight is 353 g/mol. The Morgan fingerprint density at radius 3 is 2.00 bits per heavy atom. The Labute approximate surface area is 143 Å². The Hall–Kier alpha value is -3.19. The number of carbonyl (C=O) groups excluding carboxylic acids is 2. The van der Waals surface area contributed by atoms with Crippen molar-refractivity contribution in [3.05, 3.63) is 89.2 Å². The molecule has 7 heteroatoms. The van der Waals surface area contributed by atoms with Gasteiger partial charge in [0.2, 0.25) is 0 Å². The summed E-state index contributed by atoms with van der Waals surface area (Å²) in [4.78, 5) is 25.2. The molecule has 1 aromatic heterocycles. The van der Waals surface area contributed by atoms with Gasteiger partial charge in [0.1, 0.15) is 4.90 Å². The number of fused-ring (bicyclic) bond motifs is 2. The zero-order chi connectivity index (χ0) is 17.6. The van der Waals surface area contributed by atoms with Gasteiger partial charge in [-0.25, -0.2) is 0 Å². The Bertz CT molecular complexity index is 1110. The molecule has 0 fully saturated rings. The molecule has 4 rings (SSSR count). The number of nitrogens with zero attached hydrogens (tertiary/aromatic N) is 1. The number of hydrogen-bond donors (Lipinski definition) is 0. The van der Waals surface area contributed by atoms with E-state index < -0.39 is 15.9 Å². The lowest BCUT2D eigenvalue weighted by Crippen LogP contribution is -2.26. The van der Waals surface area contributed by atoms with E-state index in [1.165, 1.54) is 36.7 Å². The molecule has 0 atom stereocenters. The largest absolute Gasteiger partial charge is 0.357 e. The molecular weight excluding hydrogens is 342 g/mol. The van der Waals surface area contributed by atoms with Crippen LogP contribution < -0.4 is 4.28 Å². The third-order valence-electron chi connectivity index (χ3n) is 3.94. The molecule has 0 radical (unpaired) electrons. The fraction of sp³-hybridized carbons (Fsp3) is 0. The molecule has 0 amide bonds. The van der Waals surface area contributed by atoms with Crippen LogP contribution in [0.4, 0.5) is 0 Å². The van der Waals surface area contributed by atoms with Gasteiger partial charge in [0.05, 0.1) is 5.56 Å². The topological polar surface area (TPSA) is 82.4 Å². The summed E-state index contributed by atoms with van der Waals surface area (Å²) < 4.78 is 31.3. The molecule has 0 bridgehead atoms. The average Bonchev–Trinajstić information content (AvgIpc) is 3.11. The van der Waals surface area contributed by atoms with Crippen LogP contribution >= 0.6 is 0 Å². The van der Waals surface area contributed by atoms with Crippen molar-refractivity contribution in [2.75, 3.05) is 0 Å². The number of hydrogen-bond acceptors (Lipinski definition) is 5. The molecule has 1 aliphatic carbocycles. The summed E-state index contributed by atoms with van der Waals surface area (Å²) in [7, 11) is -4.29. The highest BCUT2D eigenvalue weighted by atomic mass is 32.2. The summed E-state index contributed by atoms with van der Waals surface area (Å²) >= 11 is 0. The number of aromatic nitrogens is 1. The van der Waals surface area contributed by atoms with Gasteiger partial charge in [-0.3, -0.25) is 13.9 Å². The maximum Gasteiger partial charge on any atom is 0.357 e. The van der Waals surface area contributed by atoms with Gasteiger partial charge < -0.3 is 0 Å². The smallest absolute Gasteiger partial charge is 0.289 e. The van der Waals surface area contributed by atoms with Crippen molar-refractivity contribution in [1.29, 1.82) is 0 Å². The normalized spacial score (nSPS) is 13.3. The van der Waals surface area contributed by atoms with Crippen molar-refractivity contribution in [3.8, 4) is 0 Å². The van der Waals surface area contributed by atoms with Crippen LogP contribution in [-0.2, 0) is 10.1 Å². The van der Waals surface area contributed by atoms with Crippen LogP contribution in [0.1, 0.15) is 31.8 Å². The highest BCUT2D eigenvalue weighted by molar-refractivity contribution is 7.87. The van der Waals surface area contributed by atoms with E-state index in [9.17, 15) is 18.0 Å². The van der Waals surface area contributed by atoms with Crippen LogP contribution in [0.2, 0.25) is 0 Å². The maximum atomic E-state index is 12.8. The first kappa shape index (κ1) is 15.3. The molecule has 0 N–H and O–H groups in total. The summed E-state index contributed by atoms with van der Waals surface area (Å²) in [5.41, 5.74) is 0.351. The van der Waals surface area contributed by atoms with Crippen LogP contribution in [0.25, 0.3) is 0 Å². The molecule has 1 aliphatic rings. The molecular formula is C18H11NO5S. The Balaban J connectivity index is 1.91. The van der Waals surface area contributed by atoms with Crippen LogP contribution in [0.5, 0.6) is 0 Å². The molecule has 124 valence electrons. The first-order valence-corrected chi connectivity index (χ1v) is 8.79. The molecule has 0 spiro atoms. The van der Waals surface area contributed by atoms with Gasteiger partial charge in [0, 0.05) is 29.1 Å². The van der Waals surface area contributed by atoms with Crippen molar-refractivity contribution in [2.45, 2.75) is 4.90 Å². The Morgan fingerprint density at radius 1 is 0.720 bits per heavy atom. The van der Waals surface area contributed by atoms with Crippen LogP contribution in [-0.4, -0.2) is 24.7 Å². The number of benzene rings is 2. The van der Waals surface area contributed by atoms with Crippen LogP contribution in [0, 0.1) is 0 Å². The van der Waals surface area contributed by atoms with Gasteiger partial charge in [-0.05, 0) is 18.2 Å². The monoisotopic (exact) mass is 353 g/mol. The fourth-order valence-electron chi connectivity index (χ4n) is 2.84. The first-order chi connectivity index (χ1) is 12.0. The van der Waals surface area contributed by atoms with E-state index in [0.29, 0.717) is 0 Å². The van der Waals surface area contributed by atoms with Crippen molar-refractivity contribution in [3.63, 3.8) is 0 Å². The standard InChI is InChI=1S/C18H11NO5S/c20-17-12-6-1-2-7-13(12)18(21)16-14(17)8-5-9-15(16)25(22,23)24-19-10-3-4-11-19/h1-11H. The zero-order valence-electron chi connectivity index (χ0n) is 12.7. The lowest BCUT2D eigenvalue weighted by molar-refractivity contribution is 0.0976. The van der Waals surface area contributed by atoms with Gasteiger partial charge in [-0.1, -0.05) is 36.4 Å². The molecule has 0 saturated carbocycles. The number of carbonyl (C=O) groups is 2. The molecule has 25 heavy (non-hydrogen) atoms. The zero-order valence-corrected chi connectivity index (χ0v) is 13.6. The fourth-order valence-corrected chi connectivity index (χ4v) is 3.95. The number of ketones is 2.